The number of aromatic nitrogens is 1. The van der Waals surface area contributed by atoms with Crippen LogP contribution in [0.3, 0.4) is 0 Å². The molecular formula is C21H19NO. The molecule has 0 aliphatic rings. The van der Waals surface area contributed by atoms with Crippen LogP contribution in [-0.4, -0.2) is 11.0 Å². The van der Waals surface area contributed by atoms with E-state index in [0.717, 1.165) is 16.8 Å². The quantitative estimate of drug-likeness (QED) is 0.489. The average molecular weight is 301 g/mol. The van der Waals surface area contributed by atoms with Crippen LogP contribution in [0.1, 0.15) is 12.5 Å². The van der Waals surface area contributed by atoms with Gasteiger partial charge in [0, 0.05) is 18.0 Å². The Morgan fingerprint density at radius 2 is 1.78 bits per heavy atom. The number of ether oxygens (including phenoxy) is 1. The van der Waals surface area contributed by atoms with Gasteiger partial charge in [0.05, 0.1) is 12.1 Å². The van der Waals surface area contributed by atoms with Gasteiger partial charge < -0.3 is 9.14 Å². The highest BCUT2D eigenvalue weighted by Gasteiger charge is 2.15. The number of benzene rings is 2. The Morgan fingerprint density at radius 3 is 2.65 bits per heavy atom. The van der Waals surface area contributed by atoms with E-state index in [4.69, 9.17) is 4.74 Å². The van der Waals surface area contributed by atoms with Crippen LogP contribution in [0.2, 0.25) is 0 Å². The second kappa shape index (κ2) is 5.47. The first-order chi connectivity index (χ1) is 11.3. The van der Waals surface area contributed by atoms with Gasteiger partial charge in [-0.1, -0.05) is 42.5 Å². The molecule has 2 heterocycles. The lowest BCUT2D eigenvalue weighted by Gasteiger charge is -2.09. The fourth-order valence-electron chi connectivity index (χ4n) is 3.20. The lowest BCUT2D eigenvalue weighted by molar-refractivity contribution is 0.346. The number of rotatable bonds is 3. The molecular weight excluding hydrogens is 282 g/mol. The van der Waals surface area contributed by atoms with Crippen molar-refractivity contribution in [2.24, 2.45) is 0 Å². The zero-order valence-electron chi connectivity index (χ0n) is 13.4. The van der Waals surface area contributed by atoms with E-state index in [1.807, 2.05) is 6.92 Å². The molecule has 0 saturated carbocycles. The Hall–Kier alpha value is -2.74. The maximum Gasteiger partial charge on any atom is 0.152 e. The fourth-order valence-corrected chi connectivity index (χ4v) is 3.20. The lowest BCUT2D eigenvalue weighted by atomic mass is 9.99. The Kier molecular flexibility index (Phi) is 3.30. The zero-order chi connectivity index (χ0) is 15.8. The van der Waals surface area contributed by atoms with Crippen molar-refractivity contribution < 1.29 is 4.74 Å². The summed E-state index contributed by atoms with van der Waals surface area (Å²) >= 11 is 0. The van der Waals surface area contributed by atoms with Crippen molar-refractivity contribution in [1.29, 1.82) is 0 Å². The molecule has 2 heteroatoms. The first kappa shape index (κ1) is 13.9. The van der Waals surface area contributed by atoms with Gasteiger partial charge in [-0.05, 0) is 47.9 Å². The monoisotopic (exact) mass is 301 g/mol. The van der Waals surface area contributed by atoms with Crippen LogP contribution >= 0.6 is 0 Å². The first-order valence-corrected chi connectivity index (χ1v) is 8.00. The molecule has 0 radical (unpaired) electrons. The summed E-state index contributed by atoms with van der Waals surface area (Å²) in [6, 6.07) is 19.2. The number of nitrogens with zero attached hydrogens (tertiary/aromatic N) is 1. The minimum absolute atomic E-state index is 0.658. The molecule has 4 aromatic rings. The predicted octanol–water partition coefficient (Wildman–Crippen LogP) is 5.47. The molecule has 2 nitrogen and oxygen atoms in total. The van der Waals surface area contributed by atoms with Crippen LogP contribution < -0.4 is 4.74 Å². The molecule has 2 aromatic heterocycles. The molecule has 0 saturated heterocycles. The summed E-state index contributed by atoms with van der Waals surface area (Å²) in [4.78, 5) is 0. The molecule has 0 fully saturated rings. The third-order valence-corrected chi connectivity index (χ3v) is 4.25. The van der Waals surface area contributed by atoms with Gasteiger partial charge in [-0.2, -0.15) is 0 Å². The molecule has 0 aliphatic heterocycles. The number of hydrogen-bond acceptors (Lipinski definition) is 1. The van der Waals surface area contributed by atoms with Gasteiger partial charge in [-0.3, -0.25) is 0 Å². The molecule has 23 heavy (non-hydrogen) atoms. The maximum absolute atomic E-state index is 6.03. The summed E-state index contributed by atoms with van der Waals surface area (Å²) < 4.78 is 8.18. The molecule has 0 amide bonds. The van der Waals surface area contributed by atoms with Crippen molar-refractivity contribution in [2.75, 3.05) is 6.61 Å². The average Bonchev–Trinajstić information content (AvgIpc) is 2.92. The third kappa shape index (κ3) is 2.27. The van der Waals surface area contributed by atoms with Gasteiger partial charge in [-0.25, -0.2) is 0 Å². The Labute approximate surface area is 135 Å². The van der Waals surface area contributed by atoms with Crippen LogP contribution in [-0.2, 0) is 0 Å². The molecule has 0 aliphatic carbocycles. The van der Waals surface area contributed by atoms with Crippen molar-refractivity contribution in [2.45, 2.75) is 13.8 Å². The van der Waals surface area contributed by atoms with Gasteiger partial charge in [0.15, 0.2) is 5.75 Å². The highest BCUT2D eigenvalue weighted by atomic mass is 16.5. The summed E-state index contributed by atoms with van der Waals surface area (Å²) in [6.45, 7) is 4.80. The van der Waals surface area contributed by atoms with Gasteiger partial charge in [0.1, 0.15) is 0 Å². The van der Waals surface area contributed by atoms with Crippen LogP contribution in [0.4, 0.5) is 0 Å². The summed E-state index contributed by atoms with van der Waals surface area (Å²) in [5, 5.41) is 2.50. The molecule has 0 atom stereocenters. The van der Waals surface area contributed by atoms with E-state index in [0.29, 0.717) is 6.61 Å². The minimum Gasteiger partial charge on any atom is -0.491 e. The van der Waals surface area contributed by atoms with Crippen molar-refractivity contribution in [1.82, 2.24) is 4.40 Å². The highest BCUT2D eigenvalue weighted by molar-refractivity contribution is 5.99. The third-order valence-electron chi connectivity index (χ3n) is 4.25. The van der Waals surface area contributed by atoms with E-state index in [1.54, 1.807) is 0 Å². The standard InChI is InChI=1S/C21H19NO/c1-3-23-21-19(14-22-12-11-15(2)13-20(21)22)18-10-6-8-16-7-4-5-9-17(16)18/h4-14H,3H2,1-2H3. The van der Waals surface area contributed by atoms with Gasteiger partial charge in [0.2, 0.25) is 0 Å². The molecule has 0 N–H and O–H groups in total. The van der Waals surface area contributed by atoms with Crippen molar-refractivity contribution >= 4 is 16.3 Å². The number of aryl methyl sites for hydroxylation is 1. The SMILES string of the molecule is CCOc1c(-c2cccc3ccccc23)cn2ccc(C)cc12. The van der Waals surface area contributed by atoms with Gasteiger partial charge >= 0.3 is 0 Å². The van der Waals surface area contributed by atoms with Crippen LogP contribution in [0.25, 0.3) is 27.4 Å². The van der Waals surface area contributed by atoms with E-state index in [2.05, 4.69) is 78.3 Å². The molecule has 2 aromatic carbocycles. The Bertz CT molecular complexity index is 992. The van der Waals surface area contributed by atoms with E-state index in [9.17, 15) is 0 Å². The smallest absolute Gasteiger partial charge is 0.152 e. The Morgan fingerprint density at radius 1 is 0.957 bits per heavy atom. The highest BCUT2D eigenvalue weighted by Crippen LogP contribution is 2.39. The van der Waals surface area contributed by atoms with Crippen LogP contribution in [0.5, 0.6) is 5.75 Å². The lowest BCUT2D eigenvalue weighted by Crippen LogP contribution is -1.93. The minimum atomic E-state index is 0.658. The van der Waals surface area contributed by atoms with E-state index < -0.39 is 0 Å². The molecule has 0 spiro atoms. The maximum atomic E-state index is 6.03. The topological polar surface area (TPSA) is 13.6 Å². The van der Waals surface area contributed by atoms with Crippen molar-refractivity contribution in [3.05, 3.63) is 72.6 Å². The molecule has 0 unspecified atom stereocenters. The number of hydrogen-bond donors (Lipinski definition) is 0. The van der Waals surface area contributed by atoms with Crippen molar-refractivity contribution in [3.8, 4) is 16.9 Å². The molecule has 0 bridgehead atoms. The summed E-state index contributed by atoms with van der Waals surface area (Å²) in [5.41, 5.74) is 4.72. The normalized spacial score (nSPS) is 11.2. The van der Waals surface area contributed by atoms with E-state index >= 15 is 0 Å². The largest absolute Gasteiger partial charge is 0.491 e. The number of pyridine rings is 1. The van der Waals surface area contributed by atoms with Crippen molar-refractivity contribution in [3.63, 3.8) is 0 Å². The fraction of sp³-hybridized carbons (Fsp3) is 0.143. The van der Waals surface area contributed by atoms with E-state index in [-0.39, 0.29) is 0 Å². The number of fused-ring (bicyclic) bond motifs is 2. The first-order valence-electron chi connectivity index (χ1n) is 8.00. The molecule has 4 rings (SSSR count). The zero-order valence-corrected chi connectivity index (χ0v) is 13.4. The second-order valence-corrected chi connectivity index (χ2v) is 5.83. The second-order valence-electron chi connectivity index (χ2n) is 5.83. The Balaban J connectivity index is 2.06. The van der Waals surface area contributed by atoms with Crippen LogP contribution in [0, 0.1) is 6.92 Å². The predicted molar refractivity (Wildman–Crippen MR) is 96.2 cm³/mol. The van der Waals surface area contributed by atoms with Gasteiger partial charge in [0.25, 0.3) is 0 Å². The molecule has 114 valence electrons. The summed E-state index contributed by atoms with van der Waals surface area (Å²) in [7, 11) is 0. The van der Waals surface area contributed by atoms with Crippen LogP contribution in [0.15, 0.2) is 67.0 Å². The summed E-state index contributed by atoms with van der Waals surface area (Å²) in [5.74, 6) is 0.965. The summed E-state index contributed by atoms with van der Waals surface area (Å²) in [6.07, 6.45) is 4.27. The van der Waals surface area contributed by atoms with E-state index in [1.165, 1.54) is 21.9 Å². The van der Waals surface area contributed by atoms with Gasteiger partial charge in [-0.15, -0.1) is 0 Å².